The van der Waals surface area contributed by atoms with Crippen molar-refractivity contribution in [2.45, 2.75) is 19.8 Å². The molecule has 2 aromatic carbocycles. The van der Waals surface area contributed by atoms with Crippen molar-refractivity contribution in [2.75, 3.05) is 10.9 Å². The second-order valence-corrected chi connectivity index (χ2v) is 6.51. The van der Waals surface area contributed by atoms with E-state index < -0.39 is 0 Å². The molecule has 0 saturated carbocycles. The Morgan fingerprint density at radius 2 is 1.39 bits per heavy atom. The molecule has 0 aliphatic rings. The molecule has 0 radical (unpaired) electrons. The van der Waals surface area contributed by atoms with Crippen LogP contribution in [0, 0.1) is 0 Å². The van der Waals surface area contributed by atoms with Crippen LogP contribution in [-0.2, 0) is 6.42 Å². The molecular weight excluding hydrogens is 372 g/mol. The third-order valence-electron chi connectivity index (χ3n) is 3.84. The minimum Gasteiger partial charge on any atom is -0.261 e. The van der Waals surface area contributed by atoms with Crippen LogP contribution >= 0.6 is 11.6 Å². The van der Waals surface area contributed by atoms with Gasteiger partial charge in [-0.1, -0.05) is 61.3 Å². The second-order valence-electron chi connectivity index (χ2n) is 6.07. The first-order valence-corrected chi connectivity index (χ1v) is 9.35. The summed E-state index contributed by atoms with van der Waals surface area (Å²) in [6.07, 6.45) is 7.11. The molecule has 2 N–H and O–H groups in total. The third-order valence-corrected chi connectivity index (χ3v) is 4.09. The van der Waals surface area contributed by atoms with Crippen LogP contribution in [0.25, 0.3) is 0 Å². The Bertz CT molecular complexity index is 936. The molecule has 0 amide bonds. The van der Waals surface area contributed by atoms with Crippen molar-refractivity contribution in [3.05, 3.63) is 82.6 Å². The number of nitrogens with zero attached hydrogens (tertiary/aromatic N) is 4. The highest BCUT2D eigenvalue weighted by atomic mass is 35.5. The van der Waals surface area contributed by atoms with Gasteiger partial charge >= 0.3 is 0 Å². The molecule has 0 aliphatic heterocycles. The largest absolute Gasteiger partial charge is 0.261 e. The van der Waals surface area contributed by atoms with Crippen molar-refractivity contribution in [1.82, 2.24) is 9.97 Å². The number of benzene rings is 2. The molecule has 0 saturated heterocycles. The Hall–Kier alpha value is -3.25. The molecular formula is C21H21ClN6. The number of aromatic nitrogens is 2. The summed E-state index contributed by atoms with van der Waals surface area (Å²) < 4.78 is 0. The molecule has 28 heavy (non-hydrogen) atoms. The van der Waals surface area contributed by atoms with E-state index in [2.05, 4.69) is 62.2 Å². The van der Waals surface area contributed by atoms with E-state index in [1.54, 1.807) is 18.5 Å². The maximum absolute atomic E-state index is 5.86. The standard InChI is InChI=1S/C21H21ClN6/c1-2-3-16-4-6-17(7-5-16)13-25-27-20-12-21(24-15-23-20)28-26-14-18-8-10-19(22)11-9-18/h4-15H,2-3H2,1H3,(H2,23,24,27,28)/b25-13+,26-14+. The van der Waals surface area contributed by atoms with Crippen LogP contribution in [-0.4, -0.2) is 22.4 Å². The Morgan fingerprint density at radius 3 is 1.93 bits per heavy atom. The van der Waals surface area contributed by atoms with E-state index in [0.717, 1.165) is 24.0 Å². The molecule has 0 unspecified atom stereocenters. The Morgan fingerprint density at radius 1 is 0.857 bits per heavy atom. The topological polar surface area (TPSA) is 74.6 Å². The quantitative estimate of drug-likeness (QED) is 0.419. The molecule has 6 nitrogen and oxygen atoms in total. The second kappa shape index (κ2) is 10.2. The first-order valence-electron chi connectivity index (χ1n) is 8.97. The number of hydrazone groups is 2. The van der Waals surface area contributed by atoms with Crippen molar-refractivity contribution in [2.24, 2.45) is 10.2 Å². The lowest BCUT2D eigenvalue weighted by molar-refractivity contribution is 0.922. The zero-order chi connectivity index (χ0) is 19.6. The average molecular weight is 393 g/mol. The van der Waals surface area contributed by atoms with E-state index in [4.69, 9.17) is 11.6 Å². The summed E-state index contributed by atoms with van der Waals surface area (Å²) in [5, 5.41) is 9.07. The van der Waals surface area contributed by atoms with Gasteiger partial charge in [0.15, 0.2) is 11.6 Å². The summed E-state index contributed by atoms with van der Waals surface area (Å²) in [6.45, 7) is 2.17. The highest BCUT2D eigenvalue weighted by Gasteiger charge is 1.97. The molecule has 0 bridgehead atoms. The highest BCUT2D eigenvalue weighted by Crippen LogP contribution is 2.10. The van der Waals surface area contributed by atoms with Crippen LogP contribution in [0.1, 0.15) is 30.0 Å². The Labute approximate surface area is 169 Å². The van der Waals surface area contributed by atoms with E-state index in [-0.39, 0.29) is 0 Å². The summed E-state index contributed by atoms with van der Waals surface area (Å²) in [6, 6.07) is 17.4. The van der Waals surface area contributed by atoms with E-state index >= 15 is 0 Å². The van der Waals surface area contributed by atoms with Gasteiger partial charge in [0.05, 0.1) is 12.4 Å². The molecule has 142 valence electrons. The van der Waals surface area contributed by atoms with Crippen LogP contribution in [0.4, 0.5) is 11.6 Å². The molecule has 1 aromatic heterocycles. The van der Waals surface area contributed by atoms with Crippen molar-refractivity contribution in [3.63, 3.8) is 0 Å². The molecule has 0 fully saturated rings. The minimum absolute atomic E-state index is 0.557. The number of anilines is 2. The summed E-state index contributed by atoms with van der Waals surface area (Å²) in [4.78, 5) is 8.27. The Kier molecular flexibility index (Phi) is 7.09. The minimum atomic E-state index is 0.557. The highest BCUT2D eigenvalue weighted by molar-refractivity contribution is 6.30. The number of halogens is 1. The normalized spacial score (nSPS) is 11.2. The van der Waals surface area contributed by atoms with Gasteiger partial charge in [-0.15, -0.1) is 0 Å². The number of hydrogen-bond acceptors (Lipinski definition) is 6. The van der Waals surface area contributed by atoms with Crippen molar-refractivity contribution in [3.8, 4) is 0 Å². The van der Waals surface area contributed by atoms with Gasteiger partial charge in [-0.25, -0.2) is 9.97 Å². The monoisotopic (exact) mass is 392 g/mol. The molecule has 0 aliphatic carbocycles. The first kappa shape index (κ1) is 19.5. The first-order chi connectivity index (χ1) is 13.7. The Balaban J connectivity index is 1.54. The van der Waals surface area contributed by atoms with E-state index in [1.807, 2.05) is 24.3 Å². The fraction of sp³-hybridized carbons (Fsp3) is 0.143. The SMILES string of the molecule is CCCc1ccc(/C=N/Nc2cc(N/N=C/c3ccc(Cl)cc3)ncn2)cc1. The fourth-order valence-electron chi connectivity index (χ4n) is 2.43. The maximum atomic E-state index is 5.86. The maximum Gasteiger partial charge on any atom is 0.151 e. The predicted molar refractivity (Wildman–Crippen MR) is 116 cm³/mol. The van der Waals surface area contributed by atoms with Gasteiger partial charge in [0, 0.05) is 11.1 Å². The lowest BCUT2D eigenvalue weighted by Crippen LogP contribution is -1.98. The van der Waals surface area contributed by atoms with Crippen LogP contribution in [0.5, 0.6) is 0 Å². The van der Waals surface area contributed by atoms with Gasteiger partial charge in [-0.3, -0.25) is 10.9 Å². The third kappa shape index (κ3) is 6.17. The van der Waals surface area contributed by atoms with Crippen molar-refractivity contribution < 1.29 is 0 Å². The summed E-state index contributed by atoms with van der Waals surface area (Å²) in [5.41, 5.74) is 9.05. The van der Waals surface area contributed by atoms with Crippen molar-refractivity contribution >= 4 is 35.7 Å². The lowest BCUT2D eigenvalue weighted by Gasteiger charge is -2.02. The van der Waals surface area contributed by atoms with E-state index in [9.17, 15) is 0 Å². The zero-order valence-electron chi connectivity index (χ0n) is 15.5. The van der Waals surface area contributed by atoms with Crippen molar-refractivity contribution in [1.29, 1.82) is 0 Å². The van der Waals surface area contributed by atoms with Crippen LogP contribution in [0.15, 0.2) is 71.1 Å². The zero-order valence-corrected chi connectivity index (χ0v) is 16.3. The molecule has 3 rings (SSSR count). The lowest BCUT2D eigenvalue weighted by atomic mass is 10.1. The van der Waals surface area contributed by atoms with Crippen LogP contribution in [0.3, 0.4) is 0 Å². The summed E-state index contributed by atoms with van der Waals surface area (Å²) in [7, 11) is 0. The molecule has 3 aromatic rings. The van der Waals surface area contributed by atoms with Gasteiger partial charge in [0.25, 0.3) is 0 Å². The molecule has 0 spiro atoms. The number of aryl methyl sites for hydroxylation is 1. The predicted octanol–water partition coefficient (Wildman–Crippen LogP) is 4.97. The van der Waals surface area contributed by atoms with Gasteiger partial charge in [-0.2, -0.15) is 10.2 Å². The van der Waals surface area contributed by atoms with Gasteiger partial charge in [0.2, 0.25) is 0 Å². The molecule has 1 heterocycles. The fourth-order valence-corrected chi connectivity index (χ4v) is 2.56. The summed E-state index contributed by atoms with van der Waals surface area (Å²) >= 11 is 5.86. The van der Waals surface area contributed by atoms with E-state index in [1.165, 1.54) is 11.9 Å². The number of rotatable bonds is 8. The van der Waals surface area contributed by atoms with Gasteiger partial charge in [0.1, 0.15) is 6.33 Å². The van der Waals surface area contributed by atoms with Crippen LogP contribution < -0.4 is 10.9 Å². The smallest absolute Gasteiger partial charge is 0.151 e. The van der Waals surface area contributed by atoms with Crippen LogP contribution in [0.2, 0.25) is 5.02 Å². The molecule has 0 atom stereocenters. The van der Waals surface area contributed by atoms with Gasteiger partial charge in [-0.05, 0) is 35.2 Å². The number of hydrogen-bond donors (Lipinski definition) is 2. The van der Waals surface area contributed by atoms with E-state index in [0.29, 0.717) is 16.7 Å². The summed E-state index contributed by atoms with van der Waals surface area (Å²) in [5.74, 6) is 1.12. The molecule has 7 heteroatoms. The number of nitrogens with one attached hydrogen (secondary N) is 2. The van der Waals surface area contributed by atoms with Gasteiger partial charge < -0.3 is 0 Å². The average Bonchev–Trinajstić information content (AvgIpc) is 2.71.